The molecule has 0 spiro atoms. The number of para-hydroxylation sites is 1. The molecule has 1 amide bonds. The molecule has 0 bridgehead atoms. The topological polar surface area (TPSA) is 84.3 Å². The molecule has 8 heteroatoms. The maximum absolute atomic E-state index is 12.7. The van der Waals surface area contributed by atoms with Crippen molar-refractivity contribution < 1.29 is 9.53 Å². The Morgan fingerprint density at radius 3 is 2.56 bits per heavy atom. The molecule has 0 aliphatic carbocycles. The number of nitrogens with one attached hydrogen (secondary N) is 2. The molecule has 0 radical (unpaired) electrons. The summed E-state index contributed by atoms with van der Waals surface area (Å²) in [6.45, 7) is 4.92. The highest BCUT2D eigenvalue weighted by Crippen LogP contribution is 2.23. The second-order valence-electron chi connectivity index (χ2n) is 8.50. The summed E-state index contributed by atoms with van der Waals surface area (Å²) in [5, 5.41) is 7.45. The van der Waals surface area contributed by atoms with Crippen LogP contribution in [0.4, 0.5) is 23.1 Å². The third-order valence-corrected chi connectivity index (χ3v) is 5.91. The Bertz CT molecular complexity index is 1310. The predicted octanol–water partition coefficient (Wildman–Crippen LogP) is 4.04. The van der Waals surface area contributed by atoms with Gasteiger partial charge in [0.15, 0.2) is 0 Å². The van der Waals surface area contributed by atoms with Crippen LogP contribution < -0.4 is 15.5 Å². The van der Waals surface area contributed by atoms with Crippen molar-refractivity contribution in [2.45, 2.75) is 13.3 Å². The van der Waals surface area contributed by atoms with Crippen LogP contribution in [-0.4, -0.2) is 46.7 Å². The average Bonchev–Trinajstić information content (AvgIpc) is 3.16. The minimum Gasteiger partial charge on any atom is -0.378 e. The van der Waals surface area contributed by atoms with Gasteiger partial charge < -0.3 is 24.8 Å². The molecule has 0 atom stereocenters. The van der Waals surface area contributed by atoms with Crippen LogP contribution in [0, 0.1) is 6.92 Å². The molecule has 2 aromatic carbocycles. The molecule has 8 nitrogen and oxygen atoms in total. The van der Waals surface area contributed by atoms with Crippen molar-refractivity contribution in [1.29, 1.82) is 0 Å². The number of aromatic nitrogens is 3. The second kappa shape index (κ2) is 9.52. The lowest BCUT2D eigenvalue weighted by Gasteiger charge is -2.27. The largest absolute Gasteiger partial charge is 0.378 e. The highest BCUT2D eigenvalue weighted by molar-refractivity contribution is 5.96. The molecule has 1 aliphatic rings. The highest BCUT2D eigenvalue weighted by Gasteiger charge is 2.15. The van der Waals surface area contributed by atoms with E-state index in [9.17, 15) is 4.79 Å². The molecule has 2 aromatic heterocycles. The molecule has 1 saturated heterocycles. The SMILES string of the molecule is Cc1cc(Nc2ccc(NC(=O)Cc3cn(C)c4ccccc34)cc2)nc(N2CCOCC2)n1. The fraction of sp³-hybridized carbons (Fsp3) is 0.269. The van der Waals surface area contributed by atoms with Crippen LogP contribution in [0.25, 0.3) is 10.9 Å². The van der Waals surface area contributed by atoms with Crippen molar-refractivity contribution >= 4 is 40.0 Å². The van der Waals surface area contributed by atoms with E-state index in [1.165, 1.54) is 0 Å². The number of benzene rings is 2. The normalized spacial score (nSPS) is 13.8. The van der Waals surface area contributed by atoms with Gasteiger partial charge in [0.05, 0.1) is 19.6 Å². The molecule has 2 N–H and O–H groups in total. The Hall–Kier alpha value is -3.91. The molecule has 1 fully saturated rings. The van der Waals surface area contributed by atoms with E-state index < -0.39 is 0 Å². The van der Waals surface area contributed by atoms with Gasteiger partial charge in [-0.15, -0.1) is 0 Å². The van der Waals surface area contributed by atoms with E-state index in [1.54, 1.807) is 0 Å². The van der Waals surface area contributed by atoms with E-state index in [1.807, 2.05) is 62.6 Å². The number of morpholine rings is 1. The Morgan fingerprint density at radius 1 is 1.03 bits per heavy atom. The summed E-state index contributed by atoms with van der Waals surface area (Å²) in [5.74, 6) is 1.41. The molecule has 5 rings (SSSR count). The van der Waals surface area contributed by atoms with Crippen molar-refractivity contribution in [2.24, 2.45) is 7.05 Å². The van der Waals surface area contributed by atoms with Gasteiger partial charge in [0, 0.05) is 60.4 Å². The summed E-state index contributed by atoms with van der Waals surface area (Å²) < 4.78 is 7.48. The van der Waals surface area contributed by atoms with Crippen LogP contribution >= 0.6 is 0 Å². The van der Waals surface area contributed by atoms with Gasteiger partial charge in [-0.1, -0.05) is 18.2 Å². The maximum Gasteiger partial charge on any atom is 0.228 e. The van der Waals surface area contributed by atoms with Gasteiger partial charge in [-0.25, -0.2) is 4.98 Å². The predicted molar refractivity (Wildman–Crippen MR) is 135 cm³/mol. The van der Waals surface area contributed by atoms with Crippen LogP contribution in [0.15, 0.2) is 60.8 Å². The zero-order valence-corrected chi connectivity index (χ0v) is 19.4. The van der Waals surface area contributed by atoms with E-state index in [-0.39, 0.29) is 5.91 Å². The quantitative estimate of drug-likeness (QED) is 0.456. The second-order valence-corrected chi connectivity index (χ2v) is 8.50. The number of hydrogen-bond acceptors (Lipinski definition) is 6. The number of fused-ring (bicyclic) bond motifs is 1. The van der Waals surface area contributed by atoms with Gasteiger partial charge in [-0.2, -0.15) is 4.98 Å². The van der Waals surface area contributed by atoms with Crippen LogP contribution in [0.3, 0.4) is 0 Å². The third-order valence-electron chi connectivity index (χ3n) is 5.91. The van der Waals surface area contributed by atoms with Crippen LogP contribution in [0.1, 0.15) is 11.3 Å². The standard InChI is InChI=1S/C26H28N6O2/c1-18-15-24(30-26(27-18)32-11-13-34-14-12-32)28-20-7-9-21(10-8-20)29-25(33)16-19-17-31(2)23-6-4-3-5-22(19)23/h3-10,15,17H,11-14,16H2,1-2H3,(H,29,33)(H,27,28,30). The Labute approximate surface area is 198 Å². The van der Waals surface area contributed by atoms with Crippen molar-refractivity contribution in [1.82, 2.24) is 14.5 Å². The Balaban J connectivity index is 1.23. The zero-order chi connectivity index (χ0) is 23.5. The minimum absolute atomic E-state index is 0.0429. The molecule has 174 valence electrons. The van der Waals surface area contributed by atoms with Crippen LogP contribution in [0.2, 0.25) is 0 Å². The summed E-state index contributed by atoms with van der Waals surface area (Å²) in [6, 6.07) is 17.7. The minimum atomic E-state index is -0.0429. The number of amides is 1. The van der Waals surface area contributed by atoms with E-state index in [0.717, 1.165) is 52.4 Å². The summed E-state index contributed by atoms with van der Waals surface area (Å²) in [7, 11) is 2.00. The summed E-state index contributed by atoms with van der Waals surface area (Å²) >= 11 is 0. The number of carbonyl (C=O) groups excluding carboxylic acids is 1. The van der Waals surface area contributed by atoms with Crippen LogP contribution in [0.5, 0.6) is 0 Å². The smallest absolute Gasteiger partial charge is 0.228 e. The molecule has 1 aliphatic heterocycles. The first kappa shape index (κ1) is 21.9. The van der Waals surface area contributed by atoms with Crippen molar-refractivity contribution in [3.05, 3.63) is 72.1 Å². The molecular formula is C26H28N6O2. The van der Waals surface area contributed by atoms with Crippen molar-refractivity contribution in [3.8, 4) is 0 Å². The number of ether oxygens (including phenoxy) is 1. The number of aryl methyl sites for hydroxylation is 2. The molecule has 3 heterocycles. The number of hydrogen-bond donors (Lipinski definition) is 2. The Morgan fingerprint density at radius 2 is 1.76 bits per heavy atom. The lowest BCUT2D eigenvalue weighted by Crippen LogP contribution is -2.37. The zero-order valence-electron chi connectivity index (χ0n) is 19.4. The van der Waals surface area contributed by atoms with E-state index >= 15 is 0 Å². The lowest BCUT2D eigenvalue weighted by atomic mass is 10.1. The molecular weight excluding hydrogens is 428 g/mol. The van der Waals surface area contributed by atoms with Gasteiger partial charge in [0.2, 0.25) is 11.9 Å². The van der Waals surface area contributed by atoms with E-state index in [4.69, 9.17) is 4.74 Å². The first-order valence-corrected chi connectivity index (χ1v) is 11.4. The highest BCUT2D eigenvalue weighted by atomic mass is 16.5. The molecule has 4 aromatic rings. The third kappa shape index (κ3) is 4.87. The van der Waals surface area contributed by atoms with Gasteiger partial charge in [-0.3, -0.25) is 4.79 Å². The first-order valence-electron chi connectivity index (χ1n) is 11.4. The molecule has 34 heavy (non-hydrogen) atoms. The summed E-state index contributed by atoms with van der Waals surface area (Å²) in [4.78, 5) is 24.0. The van der Waals surface area contributed by atoms with Gasteiger partial charge in [0.1, 0.15) is 5.82 Å². The van der Waals surface area contributed by atoms with E-state index in [0.29, 0.717) is 25.6 Å². The first-order chi connectivity index (χ1) is 16.5. The van der Waals surface area contributed by atoms with Crippen molar-refractivity contribution in [2.75, 3.05) is 41.8 Å². The number of anilines is 4. The van der Waals surface area contributed by atoms with Crippen LogP contribution in [-0.2, 0) is 23.0 Å². The number of carbonyl (C=O) groups is 1. The maximum atomic E-state index is 12.7. The number of nitrogens with zero attached hydrogens (tertiary/aromatic N) is 4. The molecule has 0 unspecified atom stereocenters. The van der Waals surface area contributed by atoms with Gasteiger partial charge >= 0.3 is 0 Å². The fourth-order valence-electron chi connectivity index (χ4n) is 4.25. The number of rotatable bonds is 6. The average molecular weight is 457 g/mol. The summed E-state index contributed by atoms with van der Waals surface area (Å²) in [6.07, 6.45) is 2.35. The monoisotopic (exact) mass is 456 g/mol. The van der Waals surface area contributed by atoms with Gasteiger partial charge in [-0.05, 0) is 42.8 Å². The van der Waals surface area contributed by atoms with Crippen molar-refractivity contribution in [3.63, 3.8) is 0 Å². The fourth-order valence-corrected chi connectivity index (χ4v) is 4.25. The van der Waals surface area contributed by atoms with E-state index in [2.05, 4.69) is 42.2 Å². The lowest BCUT2D eigenvalue weighted by molar-refractivity contribution is -0.115. The van der Waals surface area contributed by atoms with Gasteiger partial charge in [0.25, 0.3) is 0 Å². The summed E-state index contributed by atoms with van der Waals surface area (Å²) in [5.41, 5.74) is 4.68. The molecule has 0 saturated carbocycles. The Kier molecular flexibility index (Phi) is 6.14.